The molecule has 1 atom stereocenters. The molecule has 2 aromatic rings. The van der Waals surface area contributed by atoms with Gasteiger partial charge in [0.25, 0.3) is 0 Å². The molecule has 0 bridgehead atoms. The molecule has 0 amide bonds. The second-order valence-electron chi connectivity index (χ2n) is 4.97. The first-order valence-electron chi connectivity index (χ1n) is 7.01. The Morgan fingerprint density at radius 3 is 2.71 bits per heavy atom. The molecule has 1 aliphatic rings. The summed E-state index contributed by atoms with van der Waals surface area (Å²) < 4.78 is 10.7. The highest BCUT2D eigenvalue weighted by molar-refractivity contribution is 5.20. The summed E-state index contributed by atoms with van der Waals surface area (Å²) in [4.78, 5) is 12.8. The molecular weight excluding hydrogens is 268 g/mol. The smallest absolute Gasteiger partial charge is 0.145 e. The van der Waals surface area contributed by atoms with Gasteiger partial charge in [-0.2, -0.15) is 0 Å². The van der Waals surface area contributed by atoms with Gasteiger partial charge >= 0.3 is 0 Å². The van der Waals surface area contributed by atoms with Crippen molar-refractivity contribution >= 4 is 0 Å². The van der Waals surface area contributed by atoms with Crippen LogP contribution in [0.5, 0.6) is 5.75 Å². The second kappa shape index (κ2) is 6.60. The van der Waals surface area contributed by atoms with Crippen LogP contribution in [0.25, 0.3) is 0 Å². The van der Waals surface area contributed by atoms with E-state index in [0.29, 0.717) is 19.8 Å². The van der Waals surface area contributed by atoms with Crippen LogP contribution in [-0.4, -0.2) is 34.3 Å². The molecule has 2 aromatic heterocycles. The Bertz CT molecular complexity index is 558. The van der Waals surface area contributed by atoms with Crippen LogP contribution in [0, 0.1) is 0 Å². The Kier molecular flexibility index (Phi) is 4.37. The molecule has 0 spiro atoms. The van der Waals surface area contributed by atoms with Crippen LogP contribution >= 0.6 is 0 Å². The molecule has 1 fully saturated rings. The van der Waals surface area contributed by atoms with Crippen molar-refractivity contribution in [3.63, 3.8) is 0 Å². The van der Waals surface area contributed by atoms with Crippen molar-refractivity contribution in [2.75, 3.05) is 13.2 Å². The van der Waals surface area contributed by atoms with E-state index in [1.807, 2.05) is 25.1 Å². The average molecular weight is 286 g/mol. The number of rotatable bonds is 6. The maximum atomic E-state index is 5.67. The summed E-state index contributed by atoms with van der Waals surface area (Å²) in [6.45, 7) is 4.02. The summed E-state index contributed by atoms with van der Waals surface area (Å²) in [6, 6.07) is 5.78. The molecular formula is C15H18N4O2. The number of hydrogen-bond acceptors (Lipinski definition) is 6. The maximum Gasteiger partial charge on any atom is 0.145 e. The first kappa shape index (κ1) is 13.9. The first-order valence-corrected chi connectivity index (χ1v) is 7.01. The third-order valence-electron chi connectivity index (χ3n) is 3.27. The van der Waals surface area contributed by atoms with Crippen molar-refractivity contribution < 1.29 is 9.47 Å². The van der Waals surface area contributed by atoms with E-state index in [0.717, 1.165) is 17.3 Å². The number of nitrogens with one attached hydrogen (secondary N) is 1. The summed E-state index contributed by atoms with van der Waals surface area (Å²) in [5.74, 6) is 1.56. The Morgan fingerprint density at radius 2 is 2.10 bits per heavy atom. The van der Waals surface area contributed by atoms with E-state index >= 15 is 0 Å². The molecule has 110 valence electrons. The van der Waals surface area contributed by atoms with Gasteiger partial charge in [0.15, 0.2) is 0 Å². The van der Waals surface area contributed by atoms with E-state index < -0.39 is 0 Å². The monoisotopic (exact) mass is 286 g/mol. The molecule has 0 saturated carbocycles. The highest BCUT2D eigenvalue weighted by Crippen LogP contribution is 2.15. The fourth-order valence-electron chi connectivity index (χ4n) is 1.94. The number of ether oxygens (including phenoxy) is 2. The van der Waals surface area contributed by atoms with Crippen molar-refractivity contribution in [3.8, 4) is 5.75 Å². The van der Waals surface area contributed by atoms with E-state index in [4.69, 9.17) is 9.47 Å². The minimum Gasteiger partial charge on any atom is -0.484 e. The second-order valence-corrected chi connectivity index (χ2v) is 4.97. The topological polar surface area (TPSA) is 69.2 Å². The van der Waals surface area contributed by atoms with Crippen molar-refractivity contribution in [1.82, 2.24) is 20.3 Å². The van der Waals surface area contributed by atoms with Crippen LogP contribution < -0.4 is 10.1 Å². The fourth-order valence-corrected chi connectivity index (χ4v) is 1.94. The maximum absolute atomic E-state index is 5.67. The minimum absolute atomic E-state index is 0.0797. The summed E-state index contributed by atoms with van der Waals surface area (Å²) in [5.41, 5.74) is 0.954. The zero-order valence-electron chi connectivity index (χ0n) is 11.9. The molecule has 3 rings (SSSR count). The number of hydrogen-bond donors (Lipinski definition) is 1. The third-order valence-corrected chi connectivity index (χ3v) is 3.27. The zero-order valence-corrected chi connectivity index (χ0v) is 11.9. The SMILES string of the molecule is CC(NCc1ccc(OC2COC2)cn1)c1ncccn1. The Morgan fingerprint density at radius 1 is 1.29 bits per heavy atom. The van der Waals surface area contributed by atoms with Gasteiger partial charge in [0.1, 0.15) is 17.7 Å². The predicted molar refractivity (Wildman–Crippen MR) is 76.8 cm³/mol. The highest BCUT2D eigenvalue weighted by Gasteiger charge is 2.20. The Labute approximate surface area is 123 Å². The number of nitrogens with zero attached hydrogens (tertiary/aromatic N) is 3. The average Bonchev–Trinajstić information content (AvgIpc) is 2.50. The molecule has 1 unspecified atom stereocenters. The van der Waals surface area contributed by atoms with Crippen LogP contribution in [-0.2, 0) is 11.3 Å². The predicted octanol–water partition coefficient (Wildman–Crippen LogP) is 1.50. The third kappa shape index (κ3) is 3.74. The van der Waals surface area contributed by atoms with Gasteiger partial charge in [0, 0.05) is 18.9 Å². The van der Waals surface area contributed by atoms with E-state index in [1.165, 1.54) is 0 Å². The summed E-state index contributed by atoms with van der Waals surface area (Å²) in [5, 5.41) is 3.35. The summed E-state index contributed by atoms with van der Waals surface area (Å²) in [6.07, 6.45) is 5.41. The highest BCUT2D eigenvalue weighted by atomic mass is 16.6. The molecule has 0 radical (unpaired) electrons. The lowest BCUT2D eigenvalue weighted by Crippen LogP contribution is -2.38. The fraction of sp³-hybridized carbons (Fsp3) is 0.400. The Balaban J connectivity index is 1.50. The summed E-state index contributed by atoms with van der Waals surface area (Å²) >= 11 is 0. The van der Waals surface area contributed by atoms with E-state index in [9.17, 15) is 0 Å². The van der Waals surface area contributed by atoms with Gasteiger partial charge in [-0.05, 0) is 25.1 Å². The van der Waals surface area contributed by atoms with Gasteiger partial charge in [-0.25, -0.2) is 9.97 Å². The van der Waals surface area contributed by atoms with Gasteiger partial charge in [-0.15, -0.1) is 0 Å². The van der Waals surface area contributed by atoms with Gasteiger partial charge < -0.3 is 14.8 Å². The Hall–Kier alpha value is -2.05. The lowest BCUT2D eigenvalue weighted by molar-refractivity contribution is -0.0798. The number of aromatic nitrogens is 3. The van der Waals surface area contributed by atoms with E-state index in [2.05, 4.69) is 20.3 Å². The zero-order chi connectivity index (χ0) is 14.5. The van der Waals surface area contributed by atoms with Gasteiger partial charge in [-0.3, -0.25) is 4.98 Å². The van der Waals surface area contributed by atoms with Crippen LogP contribution in [0.1, 0.15) is 24.5 Å². The summed E-state index contributed by atoms with van der Waals surface area (Å²) in [7, 11) is 0. The van der Waals surface area contributed by atoms with Crippen LogP contribution in [0.15, 0.2) is 36.8 Å². The molecule has 3 heterocycles. The van der Waals surface area contributed by atoms with Gasteiger partial charge in [0.2, 0.25) is 0 Å². The molecule has 0 aromatic carbocycles. The molecule has 6 nitrogen and oxygen atoms in total. The first-order chi connectivity index (χ1) is 10.3. The van der Waals surface area contributed by atoms with Crippen molar-refractivity contribution in [2.24, 2.45) is 0 Å². The molecule has 6 heteroatoms. The van der Waals surface area contributed by atoms with Crippen LogP contribution in [0.3, 0.4) is 0 Å². The van der Waals surface area contributed by atoms with Crippen LogP contribution in [0.2, 0.25) is 0 Å². The number of pyridine rings is 1. The van der Waals surface area contributed by atoms with E-state index in [-0.39, 0.29) is 12.1 Å². The molecule has 21 heavy (non-hydrogen) atoms. The normalized spacial score (nSPS) is 16.2. The lowest BCUT2D eigenvalue weighted by atomic mass is 10.2. The minimum atomic E-state index is 0.0797. The van der Waals surface area contributed by atoms with Crippen molar-refractivity contribution in [2.45, 2.75) is 25.6 Å². The standard InChI is InChI=1S/C15H18N4O2/c1-11(15-16-5-2-6-17-15)18-7-12-3-4-13(8-19-12)21-14-9-20-10-14/h2-6,8,11,14,18H,7,9-10H2,1H3. The largest absolute Gasteiger partial charge is 0.484 e. The van der Waals surface area contributed by atoms with Gasteiger partial charge in [0.05, 0.1) is 31.1 Å². The van der Waals surface area contributed by atoms with Crippen LogP contribution in [0.4, 0.5) is 0 Å². The van der Waals surface area contributed by atoms with E-state index in [1.54, 1.807) is 18.6 Å². The molecule has 1 saturated heterocycles. The van der Waals surface area contributed by atoms with Crippen molar-refractivity contribution in [1.29, 1.82) is 0 Å². The molecule has 1 N–H and O–H groups in total. The van der Waals surface area contributed by atoms with Gasteiger partial charge in [-0.1, -0.05) is 0 Å². The molecule has 1 aliphatic heterocycles. The van der Waals surface area contributed by atoms with Crippen molar-refractivity contribution in [3.05, 3.63) is 48.3 Å². The quantitative estimate of drug-likeness (QED) is 0.868. The lowest BCUT2D eigenvalue weighted by Gasteiger charge is -2.26. The molecule has 0 aliphatic carbocycles.